The quantitative estimate of drug-likeness (QED) is 0.841. The van der Waals surface area contributed by atoms with E-state index in [-0.39, 0.29) is 0 Å². The van der Waals surface area contributed by atoms with Gasteiger partial charge < -0.3 is 15.3 Å². The van der Waals surface area contributed by atoms with Gasteiger partial charge in [-0.15, -0.1) is 11.3 Å². The number of aryl methyl sites for hydroxylation is 1. The zero-order valence-electron chi connectivity index (χ0n) is 11.6. The molecule has 5 heteroatoms. The lowest BCUT2D eigenvalue weighted by atomic mass is 10.2. The van der Waals surface area contributed by atoms with Crippen molar-refractivity contribution in [3.05, 3.63) is 21.4 Å². The lowest BCUT2D eigenvalue weighted by Crippen LogP contribution is -2.37. The summed E-state index contributed by atoms with van der Waals surface area (Å²) in [5.41, 5.74) is 1.11. The molecule has 2 rings (SSSR count). The smallest absolute Gasteiger partial charge is 0.345 e. The van der Waals surface area contributed by atoms with Crippen molar-refractivity contribution in [3.63, 3.8) is 0 Å². The number of carbonyl (C=O) groups is 1. The highest BCUT2D eigenvalue weighted by atomic mass is 32.1. The van der Waals surface area contributed by atoms with E-state index in [1.54, 1.807) is 6.07 Å². The van der Waals surface area contributed by atoms with Crippen molar-refractivity contribution in [3.8, 4) is 0 Å². The van der Waals surface area contributed by atoms with Crippen molar-refractivity contribution >= 4 is 17.3 Å². The molecule has 0 aliphatic carbocycles. The maximum Gasteiger partial charge on any atom is 0.345 e. The summed E-state index contributed by atoms with van der Waals surface area (Å²) in [6.45, 7) is 8.44. The summed E-state index contributed by atoms with van der Waals surface area (Å²) < 4.78 is 0. The summed E-state index contributed by atoms with van der Waals surface area (Å²) in [5.74, 6) is -0.829. The Morgan fingerprint density at radius 2 is 2.21 bits per heavy atom. The van der Waals surface area contributed by atoms with Gasteiger partial charge in [0.25, 0.3) is 0 Å². The van der Waals surface area contributed by atoms with Crippen molar-refractivity contribution < 1.29 is 9.90 Å². The molecule has 0 saturated carbocycles. The van der Waals surface area contributed by atoms with E-state index in [0.29, 0.717) is 10.9 Å². The lowest BCUT2D eigenvalue weighted by Gasteiger charge is -2.21. The second-order valence-electron chi connectivity index (χ2n) is 5.29. The van der Waals surface area contributed by atoms with Gasteiger partial charge in [-0.25, -0.2) is 4.79 Å². The van der Waals surface area contributed by atoms with Crippen LogP contribution in [-0.2, 0) is 6.54 Å². The van der Waals surface area contributed by atoms with Gasteiger partial charge >= 0.3 is 5.97 Å². The summed E-state index contributed by atoms with van der Waals surface area (Å²) in [6.07, 6.45) is 2.64. The Kier molecular flexibility index (Phi) is 4.96. The molecule has 2 N–H and O–H groups in total. The van der Waals surface area contributed by atoms with Gasteiger partial charge in [-0.3, -0.25) is 0 Å². The van der Waals surface area contributed by atoms with Crippen LogP contribution in [0.1, 0.15) is 39.9 Å². The molecule has 0 aromatic carbocycles. The lowest BCUT2D eigenvalue weighted by molar-refractivity contribution is 0.0702. The van der Waals surface area contributed by atoms with E-state index >= 15 is 0 Å². The molecule has 4 nitrogen and oxygen atoms in total. The molecule has 1 aromatic rings. The van der Waals surface area contributed by atoms with Crippen LogP contribution in [0.3, 0.4) is 0 Å². The monoisotopic (exact) mass is 282 g/mol. The maximum atomic E-state index is 10.9. The molecule has 19 heavy (non-hydrogen) atoms. The Morgan fingerprint density at radius 3 is 2.79 bits per heavy atom. The van der Waals surface area contributed by atoms with E-state index in [4.69, 9.17) is 5.11 Å². The average Bonchev–Trinajstić information content (AvgIpc) is 2.96. The van der Waals surface area contributed by atoms with Crippen LogP contribution in [0.15, 0.2) is 6.07 Å². The number of hydrogen-bond donors (Lipinski definition) is 2. The maximum absolute atomic E-state index is 10.9. The fraction of sp³-hybridized carbons (Fsp3) is 0.643. The highest BCUT2D eigenvalue weighted by Crippen LogP contribution is 2.21. The first-order valence-electron chi connectivity index (χ1n) is 6.84. The minimum Gasteiger partial charge on any atom is -0.477 e. The molecular weight excluding hydrogens is 260 g/mol. The van der Waals surface area contributed by atoms with Gasteiger partial charge in [-0.1, -0.05) is 0 Å². The standard InChI is InChI=1S/C14H22N2O2S/c1-10(9-16-5-3-4-6-16)15-8-12-7-13(14(17)18)19-11(12)2/h7,10,15H,3-6,8-9H2,1-2H3,(H,17,18). The van der Waals surface area contributed by atoms with Crippen molar-refractivity contribution in [1.29, 1.82) is 0 Å². The second-order valence-corrected chi connectivity index (χ2v) is 6.54. The molecule has 2 heterocycles. The number of hydrogen-bond acceptors (Lipinski definition) is 4. The van der Waals surface area contributed by atoms with Gasteiger partial charge in [0, 0.05) is 24.0 Å². The summed E-state index contributed by atoms with van der Waals surface area (Å²) in [7, 11) is 0. The first-order valence-corrected chi connectivity index (χ1v) is 7.66. The zero-order valence-corrected chi connectivity index (χ0v) is 12.4. The molecule has 0 radical (unpaired) electrons. The van der Waals surface area contributed by atoms with E-state index in [1.807, 2.05) is 6.92 Å². The van der Waals surface area contributed by atoms with Gasteiger partial charge in [0.15, 0.2) is 0 Å². The number of rotatable bonds is 6. The Morgan fingerprint density at radius 1 is 1.53 bits per heavy atom. The third kappa shape index (κ3) is 4.03. The van der Waals surface area contributed by atoms with Crippen LogP contribution in [0, 0.1) is 6.92 Å². The van der Waals surface area contributed by atoms with Crippen LogP contribution < -0.4 is 5.32 Å². The van der Waals surface area contributed by atoms with Gasteiger partial charge in [0.2, 0.25) is 0 Å². The van der Waals surface area contributed by atoms with Crippen LogP contribution >= 0.6 is 11.3 Å². The number of aromatic carboxylic acids is 1. The van der Waals surface area contributed by atoms with Crippen LogP contribution in [0.25, 0.3) is 0 Å². The first kappa shape index (κ1) is 14.5. The Hall–Kier alpha value is -0.910. The summed E-state index contributed by atoms with van der Waals surface area (Å²) in [5, 5.41) is 12.5. The number of carboxylic acid groups (broad SMARTS) is 1. The molecule has 1 aliphatic rings. The van der Waals surface area contributed by atoms with Crippen molar-refractivity contribution in [2.24, 2.45) is 0 Å². The Bertz CT molecular complexity index is 439. The van der Waals surface area contributed by atoms with E-state index in [0.717, 1.165) is 23.5 Å². The summed E-state index contributed by atoms with van der Waals surface area (Å²) in [4.78, 5) is 14.9. The third-order valence-corrected chi connectivity index (χ3v) is 4.68. The first-order chi connectivity index (χ1) is 9.06. The fourth-order valence-electron chi connectivity index (χ4n) is 2.50. The number of likely N-dealkylation sites (tertiary alicyclic amines) is 1. The normalized spacial score (nSPS) is 17.8. The molecule has 1 saturated heterocycles. The van der Waals surface area contributed by atoms with Gasteiger partial charge in [-0.2, -0.15) is 0 Å². The predicted octanol–water partition coefficient (Wildman–Crippen LogP) is 2.33. The van der Waals surface area contributed by atoms with Crippen molar-refractivity contribution in [2.75, 3.05) is 19.6 Å². The second kappa shape index (κ2) is 6.50. The summed E-state index contributed by atoms with van der Waals surface area (Å²) in [6, 6.07) is 2.23. The van der Waals surface area contributed by atoms with Crippen LogP contribution in [0.2, 0.25) is 0 Å². The number of nitrogens with zero attached hydrogens (tertiary/aromatic N) is 1. The van der Waals surface area contributed by atoms with E-state index in [2.05, 4.69) is 17.1 Å². The molecule has 106 valence electrons. The van der Waals surface area contributed by atoms with Gasteiger partial charge in [-0.05, 0) is 51.4 Å². The third-order valence-electron chi connectivity index (χ3n) is 3.60. The van der Waals surface area contributed by atoms with Crippen LogP contribution in [0.4, 0.5) is 0 Å². The molecule has 1 aliphatic heterocycles. The number of thiophene rings is 1. The topological polar surface area (TPSA) is 52.6 Å². The van der Waals surface area contributed by atoms with E-state index < -0.39 is 5.97 Å². The minimum absolute atomic E-state index is 0.432. The zero-order chi connectivity index (χ0) is 13.8. The van der Waals surface area contributed by atoms with E-state index in [1.165, 1.54) is 37.3 Å². The molecule has 0 bridgehead atoms. The van der Waals surface area contributed by atoms with E-state index in [9.17, 15) is 4.79 Å². The molecule has 1 atom stereocenters. The Labute approximate surface area is 118 Å². The molecule has 1 fully saturated rings. The Balaban J connectivity index is 1.82. The van der Waals surface area contributed by atoms with Crippen LogP contribution in [0.5, 0.6) is 0 Å². The molecule has 1 aromatic heterocycles. The molecule has 0 amide bonds. The van der Waals surface area contributed by atoms with Crippen molar-refractivity contribution in [2.45, 2.75) is 39.3 Å². The average molecular weight is 282 g/mol. The summed E-state index contributed by atoms with van der Waals surface area (Å²) >= 11 is 1.36. The molecule has 0 spiro atoms. The minimum atomic E-state index is -0.829. The number of nitrogens with one attached hydrogen (secondary N) is 1. The highest BCUT2D eigenvalue weighted by Gasteiger charge is 2.15. The fourth-order valence-corrected chi connectivity index (χ4v) is 3.38. The molecule has 1 unspecified atom stereocenters. The largest absolute Gasteiger partial charge is 0.477 e. The van der Waals surface area contributed by atoms with Crippen molar-refractivity contribution in [1.82, 2.24) is 10.2 Å². The van der Waals surface area contributed by atoms with Gasteiger partial charge in [0.05, 0.1) is 0 Å². The highest BCUT2D eigenvalue weighted by molar-refractivity contribution is 7.14. The SMILES string of the molecule is Cc1sc(C(=O)O)cc1CNC(C)CN1CCCC1. The predicted molar refractivity (Wildman–Crippen MR) is 78.0 cm³/mol. The van der Waals surface area contributed by atoms with Gasteiger partial charge in [0.1, 0.15) is 4.88 Å². The molecular formula is C14H22N2O2S. The van der Waals surface area contributed by atoms with Crippen LogP contribution in [-0.4, -0.2) is 41.7 Å². The number of carboxylic acids is 1.